The van der Waals surface area contributed by atoms with Gasteiger partial charge in [0, 0.05) is 25.3 Å². The Bertz CT molecular complexity index is 395. The van der Waals surface area contributed by atoms with E-state index in [4.69, 9.17) is 5.73 Å². The summed E-state index contributed by atoms with van der Waals surface area (Å²) >= 11 is 0. The van der Waals surface area contributed by atoms with Crippen LogP contribution in [0, 0.1) is 19.8 Å². The Morgan fingerprint density at radius 3 is 2.68 bits per heavy atom. The molecule has 1 fully saturated rings. The molecule has 0 saturated carbocycles. The van der Waals surface area contributed by atoms with Crippen LogP contribution in [0.15, 0.2) is 18.2 Å². The lowest BCUT2D eigenvalue weighted by Gasteiger charge is -2.32. The van der Waals surface area contributed by atoms with Crippen LogP contribution < -0.4 is 11.1 Å². The van der Waals surface area contributed by atoms with Gasteiger partial charge in [-0.3, -0.25) is 0 Å². The molecule has 0 aliphatic carbocycles. The third-order valence-electron chi connectivity index (χ3n) is 4.13. The van der Waals surface area contributed by atoms with Crippen molar-refractivity contribution < 1.29 is 0 Å². The van der Waals surface area contributed by atoms with Gasteiger partial charge < -0.3 is 16.0 Å². The maximum atomic E-state index is 5.61. The van der Waals surface area contributed by atoms with E-state index in [1.165, 1.54) is 42.7 Å². The van der Waals surface area contributed by atoms with Gasteiger partial charge in [-0.05, 0) is 62.9 Å². The molecule has 2 rings (SSSR count). The Balaban J connectivity index is 1.79. The van der Waals surface area contributed by atoms with Crippen LogP contribution >= 0.6 is 0 Å². The van der Waals surface area contributed by atoms with E-state index in [1.807, 2.05) is 0 Å². The van der Waals surface area contributed by atoms with Gasteiger partial charge >= 0.3 is 0 Å². The molecule has 1 aromatic rings. The minimum Gasteiger partial charge on any atom is -0.385 e. The Morgan fingerprint density at radius 1 is 1.26 bits per heavy atom. The predicted molar refractivity (Wildman–Crippen MR) is 82.6 cm³/mol. The van der Waals surface area contributed by atoms with Gasteiger partial charge in [-0.1, -0.05) is 12.1 Å². The van der Waals surface area contributed by atoms with E-state index in [2.05, 4.69) is 42.3 Å². The molecule has 3 N–H and O–H groups in total. The van der Waals surface area contributed by atoms with Gasteiger partial charge in [0.1, 0.15) is 0 Å². The molecule has 0 spiro atoms. The van der Waals surface area contributed by atoms with E-state index >= 15 is 0 Å². The number of hydrogen-bond donors (Lipinski definition) is 2. The summed E-state index contributed by atoms with van der Waals surface area (Å²) in [6.45, 7) is 9.66. The lowest BCUT2D eigenvalue weighted by molar-refractivity contribution is 0.194. The van der Waals surface area contributed by atoms with Crippen LogP contribution in [0.25, 0.3) is 0 Å². The van der Waals surface area contributed by atoms with E-state index in [0.717, 1.165) is 25.6 Å². The van der Waals surface area contributed by atoms with Crippen LogP contribution in [0.1, 0.15) is 24.0 Å². The number of nitrogens with one attached hydrogen (secondary N) is 1. The fourth-order valence-corrected chi connectivity index (χ4v) is 2.78. The molecular formula is C16H27N3. The summed E-state index contributed by atoms with van der Waals surface area (Å²) < 4.78 is 0. The first kappa shape index (κ1) is 14.4. The summed E-state index contributed by atoms with van der Waals surface area (Å²) in [5.74, 6) is 0.800. The molecule has 3 nitrogen and oxygen atoms in total. The smallest absolute Gasteiger partial charge is 0.0372 e. The van der Waals surface area contributed by atoms with Gasteiger partial charge in [0.2, 0.25) is 0 Å². The van der Waals surface area contributed by atoms with Crippen molar-refractivity contribution in [1.29, 1.82) is 0 Å². The highest BCUT2D eigenvalue weighted by Gasteiger charge is 2.18. The number of piperidine rings is 1. The topological polar surface area (TPSA) is 41.3 Å². The third-order valence-corrected chi connectivity index (χ3v) is 4.13. The van der Waals surface area contributed by atoms with Crippen molar-refractivity contribution in [3.05, 3.63) is 29.3 Å². The largest absolute Gasteiger partial charge is 0.385 e. The number of nitrogens with two attached hydrogens (primary N) is 1. The summed E-state index contributed by atoms with van der Waals surface area (Å²) in [7, 11) is 0. The molecule has 1 heterocycles. The van der Waals surface area contributed by atoms with Gasteiger partial charge in [-0.25, -0.2) is 0 Å². The standard InChI is InChI=1S/C16H27N3/c1-13-3-4-14(2)16(11-13)18-12-15-5-8-19(9-6-15)10-7-17/h3-4,11,15,18H,5-10,12,17H2,1-2H3. The molecule has 0 aromatic heterocycles. The summed E-state index contributed by atoms with van der Waals surface area (Å²) in [6, 6.07) is 6.62. The summed E-state index contributed by atoms with van der Waals surface area (Å²) in [4.78, 5) is 2.48. The van der Waals surface area contributed by atoms with Crippen molar-refractivity contribution in [3.63, 3.8) is 0 Å². The molecule has 106 valence electrons. The van der Waals surface area contributed by atoms with Gasteiger partial charge in [0.25, 0.3) is 0 Å². The van der Waals surface area contributed by atoms with Crippen molar-refractivity contribution in [1.82, 2.24) is 4.90 Å². The number of rotatable bonds is 5. The fourth-order valence-electron chi connectivity index (χ4n) is 2.78. The number of hydrogen-bond acceptors (Lipinski definition) is 3. The first-order valence-corrected chi connectivity index (χ1v) is 7.42. The van der Waals surface area contributed by atoms with Crippen molar-refractivity contribution in [2.75, 3.05) is 38.0 Å². The Morgan fingerprint density at radius 2 is 2.00 bits per heavy atom. The lowest BCUT2D eigenvalue weighted by Crippen LogP contribution is -2.38. The molecule has 1 aliphatic rings. The summed E-state index contributed by atoms with van der Waals surface area (Å²) in [5.41, 5.74) is 9.57. The third kappa shape index (κ3) is 4.22. The monoisotopic (exact) mass is 261 g/mol. The molecule has 0 unspecified atom stereocenters. The average Bonchev–Trinajstić information content (AvgIpc) is 2.42. The summed E-state index contributed by atoms with van der Waals surface area (Å²) in [6.07, 6.45) is 2.58. The zero-order chi connectivity index (χ0) is 13.7. The molecule has 19 heavy (non-hydrogen) atoms. The molecule has 0 bridgehead atoms. The highest BCUT2D eigenvalue weighted by molar-refractivity contribution is 5.52. The predicted octanol–water partition coefficient (Wildman–Crippen LogP) is 2.39. The van der Waals surface area contributed by atoms with Crippen LogP contribution in [-0.2, 0) is 0 Å². The minimum atomic E-state index is 0.783. The second kappa shape index (κ2) is 6.92. The lowest BCUT2D eigenvalue weighted by atomic mass is 9.96. The van der Waals surface area contributed by atoms with Crippen molar-refractivity contribution in [2.24, 2.45) is 11.7 Å². The van der Waals surface area contributed by atoms with E-state index in [-0.39, 0.29) is 0 Å². The van der Waals surface area contributed by atoms with Crippen LogP contribution in [0.4, 0.5) is 5.69 Å². The highest BCUT2D eigenvalue weighted by Crippen LogP contribution is 2.20. The SMILES string of the molecule is Cc1ccc(C)c(NCC2CCN(CCN)CC2)c1. The van der Waals surface area contributed by atoms with E-state index in [0.29, 0.717) is 0 Å². The molecule has 1 aromatic carbocycles. The van der Waals surface area contributed by atoms with Crippen LogP contribution in [-0.4, -0.2) is 37.6 Å². The summed E-state index contributed by atoms with van der Waals surface area (Å²) in [5, 5.41) is 3.63. The van der Waals surface area contributed by atoms with E-state index < -0.39 is 0 Å². The second-order valence-corrected chi connectivity index (χ2v) is 5.77. The molecule has 1 saturated heterocycles. The highest BCUT2D eigenvalue weighted by atomic mass is 15.1. The van der Waals surface area contributed by atoms with Crippen LogP contribution in [0.3, 0.4) is 0 Å². The van der Waals surface area contributed by atoms with Crippen LogP contribution in [0.5, 0.6) is 0 Å². The number of anilines is 1. The maximum Gasteiger partial charge on any atom is 0.0372 e. The average molecular weight is 261 g/mol. The van der Waals surface area contributed by atoms with Gasteiger partial charge in [0.05, 0.1) is 0 Å². The number of benzene rings is 1. The Kier molecular flexibility index (Phi) is 5.23. The normalized spacial score (nSPS) is 17.6. The molecular weight excluding hydrogens is 234 g/mol. The van der Waals surface area contributed by atoms with Gasteiger partial charge in [-0.15, -0.1) is 0 Å². The van der Waals surface area contributed by atoms with Gasteiger partial charge in [0.15, 0.2) is 0 Å². The zero-order valence-corrected chi connectivity index (χ0v) is 12.3. The van der Waals surface area contributed by atoms with E-state index in [1.54, 1.807) is 0 Å². The van der Waals surface area contributed by atoms with Crippen molar-refractivity contribution in [3.8, 4) is 0 Å². The van der Waals surface area contributed by atoms with Crippen molar-refractivity contribution in [2.45, 2.75) is 26.7 Å². The zero-order valence-electron chi connectivity index (χ0n) is 12.3. The number of nitrogens with zero attached hydrogens (tertiary/aromatic N) is 1. The molecule has 0 amide bonds. The van der Waals surface area contributed by atoms with Gasteiger partial charge in [-0.2, -0.15) is 0 Å². The number of aryl methyl sites for hydroxylation is 2. The molecule has 0 radical (unpaired) electrons. The maximum absolute atomic E-state index is 5.61. The first-order valence-electron chi connectivity index (χ1n) is 7.42. The molecule has 1 aliphatic heterocycles. The molecule has 0 atom stereocenters. The first-order chi connectivity index (χ1) is 9.19. The minimum absolute atomic E-state index is 0.783. The fraction of sp³-hybridized carbons (Fsp3) is 0.625. The van der Waals surface area contributed by atoms with E-state index in [9.17, 15) is 0 Å². The number of likely N-dealkylation sites (tertiary alicyclic amines) is 1. The Labute approximate surface area is 117 Å². The van der Waals surface area contributed by atoms with Crippen LogP contribution in [0.2, 0.25) is 0 Å². The quantitative estimate of drug-likeness (QED) is 0.855. The van der Waals surface area contributed by atoms with Crippen molar-refractivity contribution >= 4 is 5.69 Å². The Hall–Kier alpha value is -1.06. The molecule has 3 heteroatoms. The second-order valence-electron chi connectivity index (χ2n) is 5.77.